The van der Waals surface area contributed by atoms with Gasteiger partial charge in [0.1, 0.15) is 11.3 Å². The molecule has 2 heterocycles. The monoisotopic (exact) mass is 429 g/mol. The van der Waals surface area contributed by atoms with Crippen LogP contribution in [-0.2, 0) is 20.8 Å². The number of aromatic amines is 1. The molecule has 168 valence electrons. The highest BCUT2D eigenvalue weighted by Crippen LogP contribution is 2.29. The zero-order valence-electron chi connectivity index (χ0n) is 18.6. The molecule has 0 radical (unpaired) electrons. The highest BCUT2D eigenvalue weighted by molar-refractivity contribution is 5.93. The minimum Gasteiger partial charge on any atom is -0.461 e. The second kappa shape index (κ2) is 9.87. The van der Waals surface area contributed by atoms with Crippen molar-refractivity contribution in [3.05, 3.63) is 53.3 Å². The highest BCUT2D eigenvalue weighted by atomic mass is 16.6. The molecular formula is C23H31N3O5. The van der Waals surface area contributed by atoms with Crippen LogP contribution in [0.3, 0.4) is 0 Å². The van der Waals surface area contributed by atoms with Crippen molar-refractivity contribution in [3.8, 4) is 0 Å². The molecule has 8 heteroatoms. The number of hydrogen-bond donors (Lipinski definition) is 2. The Morgan fingerprint density at radius 1 is 1.26 bits per heavy atom. The molecule has 1 unspecified atom stereocenters. The van der Waals surface area contributed by atoms with Crippen molar-refractivity contribution in [2.75, 3.05) is 31.7 Å². The zero-order chi connectivity index (χ0) is 22.4. The first-order valence-corrected chi connectivity index (χ1v) is 10.5. The minimum atomic E-state index is -0.571. The molecule has 1 aromatic heterocycles. The third-order valence-electron chi connectivity index (χ3n) is 4.87. The molecule has 8 nitrogen and oxygen atoms in total. The van der Waals surface area contributed by atoms with E-state index in [0.29, 0.717) is 44.3 Å². The summed E-state index contributed by atoms with van der Waals surface area (Å²) in [5.74, 6) is -0.403. The topological polar surface area (TPSA) is 92.9 Å². The van der Waals surface area contributed by atoms with E-state index in [2.05, 4.69) is 10.3 Å². The van der Waals surface area contributed by atoms with Gasteiger partial charge in [0.2, 0.25) is 0 Å². The summed E-state index contributed by atoms with van der Waals surface area (Å²) in [5.41, 5.74) is 2.46. The Bertz CT molecular complexity index is 903. The summed E-state index contributed by atoms with van der Waals surface area (Å²) in [6, 6.07) is 9.44. The molecule has 31 heavy (non-hydrogen) atoms. The van der Waals surface area contributed by atoms with Crippen LogP contribution in [0.5, 0.6) is 0 Å². The molecule has 2 aromatic rings. The minimum absolute atomic E-state index is 0.252. The number of hydrogen-bond acceptors (Lipinski definition) is 6. The van der Waals surface area contributed by atoms with Crippen molar-refractivity contribution in [2.24, 2.45) is 0 Å². The maximum atomic E-state index is 12.8. The summed E-state index contributed by atoms with van der Waals surface area (Å²) in [6.45, 7) is 9.46. The summed E-state index contributed by atoms with van der Waals surface area (Å²) in [4.78, 5) is 29.6. The molecule has 1 atom stereocenters. The van der Waals surface area contributed by atoms with Crippen molar-refractivity contribution in [3.63, 3.8) is 0 Å². The quantitative estimate of drug-likeness (QED) is 0.672. The van der Waals surface area contributed by atoms with Crippen LogP contribution in [-0.4, -0.2) is 53.9 Å². The molecule has 0 spiro atoms. The first-order chi connectivity index (χ1) is 14.8. The third-order valence-corrected chi connectivity index (χ3v) is 4.87. The second-order valence-electron chi connectivity index (χ2n) is 8.30. The molecule has 1 aliphatic rings. The van der Waals surface area contributed by atoms with E-state index in [1.54, 1.807) is 24.1 Å². The Hall–Kier alpha value is -3.00. The molecule has 0 bridgehead atoms. The van der Waals surface area contributed by atoms with Gasteiger partial charge in [-0.15, -0.1) is 0 Å². The SMILES string of the molecule is CCOC(=O)c1[nH]ccc1NCc1ccccc1C1COCCN1C(=O)OC(C)(C)C. The van der Waals surface area contributed by atoms with Gasteiger partial charge < -0.3 is 24.5 Å². The number of morpholine rings is 1. The van der Waals surface area contributed by atoms with Gasteiger partial charge in [0.05, 0.1) is 31.5 Å². The van der Waals surface area contributed by atoms with Gasteiger partial charge in [-0.1, -0.05) is 24.3 Å². The third kappa shape index (κ3) is 5.79. The van der Waals surface area contributed by atoms with E-state index in [9.17, 15) is 9.59 Å². The van der Waals surface area contributed by atoms with Crippen LogP contribution in [0.25, 0.3) is 0 Å². The Labute approximate surface area is 182 Å². The second-order valence-corrected chi connectivity index (χ2v) is 8.30. The van der Waals surface area contributed by atoms with Crippen LogP contribution in [0.15, 0.2) is 36.5 Å². The van der Waals surface area contributed by atoms with Crippen molar-refractivity contribution >= 4 is 17.7 Å². The Balaban J connectivity index is 1.79. The number of carbonyl (C=O) groups excluding carboxylic acids is 2. The standard InChI is InChI=1S/C23H31N3O5/c1-5-30-21(27)20-18(10-11-24-20)25-14-16-8-6-7-9-17(16)19-15-29-13-12-26(19)22(28)31-23(2,3)4/h6-11,19,24-25H,5,12-15H2,1-4H3. The van der Waals surface area contributed by atoms with Gasteiger partial charge in [-0.05, 0) is 44.9 Å². The van der Waals surface area contributed by atoms with Gasteiger partial charge in [0.25, 0.3) is 0 Å². The van der Waals surface area contributed by atoms with E-state index in [1.165, 1.54) is 0 Å². The molecule has 1 saturated heterocycles. The van der Waals surface area contributed by atoms with E-state index in [0.717, 1.165) is 11.1 Å². The predicted octanol–water partition coefficient (Wildman–Crippen LogP) is 4.11. The maximum absolute atomic E-state index is 12.8. The number of carbonyl (C=O) groups is 2. The van der Waals surface area contributed by atoms with Crippen molar-refractivity contribution in [2.45, 2.75) is 45.9 Å². The number of nitrogens with zero attached hydrogens (tertiary/aromatic N) is 1. The lowest BCUT2D eigenvalue weighted by molar-refractivity contribution is -0.0332. The van der Waals surface area contributed by atoms with Gasteiger partial charge >= 0.3 is 12.1 Å². The number of benzene rings is 1. The first-order valence-electron chi connectivity index (χ1n) is 10.5. The van der Waals surface area contributed by atoms with Gasteiger partial charge in [0, 0.05) is 19.3 Å². The van der Waals surface area contributed by atoms with E-state index >= 15 is 0 Å². The van der Waals surface area contributed by atoms with Gasteiger partial charge in [-0.2, -0.15) is 0 Å². The predicted molar refractivity (Wildman–Crippen MR) is 117 cm³/mol. The summed E-state index contributed by atoms with van der Waals surface area (Å²) in [6.07, 6.45) is 1.35. The van der Waals surface area contributed by atoms with Gasteiger partial charge in [-0.25, -0.2) is 9.59 Å². The first kappa shape index (κ1) is 22.7. The number of amides is 1. The summed E-state index contributed by atoms with van der Waals surface area (Å²) < 4.78 is 16.4. The molecule has 1 fully saturated rings. The van der Waals surface area contributed by atoms with Gasteiger partial charge in [0.15, 0.2) is 0 Å². The van der Waals surface area contributed by atoms with Crippen LogP contribution in [0, 0.1) is 0 Å². The Morgan fingerprint density at radius 3 is 2.77 bits per heavy atom. The molecule has 3 rings (SSSR count). The molecule has 1 aliphatic heterocycles. The molecule has 1 aromatic carbocycles. The average molecular weight is 430 g/mol. The van der Waals surface area contributed by atoms with E-state index in [-0.39, 0.29) is 12.1 Å². The molecular weight excluding hydrogens is 398 g/mol. The van der Waals surface area contributed by atoms with Crippen LogP contribution < -0.4 is 5.32 Å². The van der Waals surface area contributed by atoms with Crippen molar-refractivity contribution in [1.29, 1.82) is 0 Å². The van der Waals surface area contributed by atoms with Crippen LogP contribution >= 0.6 is 0 Å². The lowest BCUT2D eigenvalue weighted by atomic mass is 9.98. The lowest BCUT2D eigenvalue weighted by Gasteiger charge is -2.37. The fourth-order valence-electron chi connectivity index (χ4n) is 3.50. The van der Waals surface area contributed by atoms with Gasteiger partial charge in [-0.3, -0.25) is 4.90 Å². The van der Waals surface area contributed by atoms with E-state index in [1.807, 2.05) is 45.0 Å². The number of nitrogens with one attached hydrogen (secondary N) is 2. The van der Waals surface area contributed by atoms with E-state index in [4.69, 9.17) is 14.2 Å². The Morgan fingerprint density at radius 2 is 2.03 bits per heavy atom. The number of ether oxygens (including phenoxy) is 3. The number of esters is 1. The fraction of sp³-hybridized carbons (Fsp3) is 0.478. The van der Waals surface area contributed by atoms with E-state index < -0.39 is 11.6 Å². The summed E-state index contributed by atoms with van der Waals surface area (Å²) in [7, 11) is 0. The number of aromatic nitrogens is 1. The Kier molecular flexibility index (Phi) is 7.22. The molecule has 0 aliphatic carbocycles. The van der Waals surface area contributed by atoms with Crippen molar-refractivity contribution in [1.82, 2.24) is 9.88 Å². The number of H-pyrrole nitrogens is 1. The maximum Gasteiger partial charge on any atom is 0.410 e. The highest BCUT2D eigenvalue weighted by Gasteiger charge is 2.33. The number of rotatable bonds is 6. The molecule has 2 N–H and O–H groups in total. The normalized spacial score (nSPS) is 16.6. The zero-order valence-corrected chi connectivity index (χ0v) is 18.6. The average Bonchev–Trinajstić information content (AvgIpc) is 3.20. The van der Waals surface area contributed by atoms with Crippen molar-refractivity contribution < 1.29 is 23.8 Å². The molecule has 0 saturated carbocycles. The lowest BCUT2D eigenvalue weighted by Crippen LogP contribution is -2.46. The van der Waals surface area contributed by atoms with Crippen LogP contribution in [0.2, 0.25) is 0 Å². The summed E-state index contributed by atoms with van der Waals surface area (Å²) in [5, 5.41) is 3.30. The smallest absolute Gasteiger partial charge is 0.410 e. The fourth-order valence-corrected chi connectivity index (χ4v) is 3.50. The number of anilines is 1. The van der Waals surface area contributed by atoms with Crippen LogP contribution in [0.4, 0.5) is 10.5 Å². The molecule has 1 amide bonds. The van der Waals surface area contributed by atoms with Crippen LogP contribution in [0.1, 0.15) is 55.4 Å². The summed E-state index contributed by atoms with van der Waals surface area (Å²) >= 11 is 0. The largest absolute Gasteiger partial charge is 0.461 e.